The summed E-state index contributed by atoms with van der Waals surface area (Å²) < 4.78 is 40.8. The lowest BCUT2D eigenvalue weighted by molar-refractivity contribution is -0.153. The molecule has 4 nitrogen and oxygen atoms in total. The molecule has 0 aliphatic heterocycles. The predicted octanol–water partition coefficient (Wildman–Crippen LogP) is 2.61. The molecule has 0 bridgehead atoms. The van der Waals surface area contributed by atoms with Gasteiger partial charge in [-0.2, -0.15) is 13.2 Å². The molecule has 3 N–H and O–H groups in total. The first-order valence-electron chi connectivity index (χ1n) is 6.03. The van der Waals surface area contributed by atoms with E-state index in [-0.39, 0.29) is 24.1 Å². The lowest BCUT2D eigenvalue weighted by Gasteiger charge is -2.13. The summed E-state index contributed by atoms with van der Waals surface area (Å²) >= 11 is 0. The molecule has 0 aromatic heterocycles. The number of carbonyl (C=O) groups is 1. The molecule has 1 amide bonds. The van der Waals surface area contributed by atoms with Gasteiger partial charge in [-0.1, -0.05) is 0 Å². The highest BCUT2D eigenvalue weighted by Crippen LogP contribution is 2.24. The molecule has 20 heavy (non-hydrogen) atoms. The van der Waals surface area contributed by atoms with Crippen molar-refractivity contribution in [3.8, 4) is 5.75 Å². The number of benzene rings is 1. The van der Waals surface area contributed by atoms with E-state index in [4.69, 9.17) is 5.73 Å². The topological polar surface area (TPSA) is 64.4 Å². The van der Waals surface area contributed by atoms with Crippen LogP contribution in [0.5, 0.6) is 5.75 Å². The van der Waals surface area contributed by atoms with Crippen molar-refractivity contribution < 1.29 is 22.7 Å². The summed E-state index contributed by atoms with van der Waals surface area (Å²) in [5.74, 6) is -0.115. The van der Waals surface area contributed by atoms with Crippen LogP contribution in [0.2, 0.25) is 0 Å². The number of halogens is 3. The molecule has 0 radical (unpaired) electrons. The highest BCUT2D eigenvalue weighted by Gasteiger charge is 2.28. The normalized spacial score (nSPS) is 12.9. The van der Waals surface area contributed by atoms with Crippen LogP contribution in [0, 0.1) is 6.92 Å². The van der Waals surface area contributed by atoms with Crippen LogP contribution in [0.3, 0.4) is 0 Å². The summed E-state index contributed by atoms with van der Waals surface area (Å²) in [5.41, 5.74) is 6.49. The number of anilines is 1. The highest BCUT2D eigenvalue weighted by molar-refractivity contribution is 5.91. The van der Waals surface area contributed by atoms with Crippen molar-refractivity contribution in [1.82, 2.24) is 0 Å². The molecule has 0 saturated carbocycles. The van der Waals surface area contributed by atoms with Gasteiger partial charge in [0.25, 0.3) is 0 Å². The Kier molecular flexibility index (Phi) is 5.38. The van der Waals surface area contributed by atoms with E-state index in [2.05, 4.69) is 10.1 Å². The molecular formula is C13H17F3N2O2. The van der Waals surface area contributed by atoms with Crippen molar-refractivity contribution in [2.24, 2.45) is 5.73 Å². The molecule has 0 saturated heterocycles. The smallest absolute Gasteiger partial charge is 0.422 e. The van der Waals surface area contributed by atoms with E-state index in [1.54, 1.807) is 19.9 Å². The van der Waals surface area contributed by atoms with Crippen molar-refractivity contribution in [3.05, 3.63) is 23.8 Å². The molecule has 0 fully saturated rings. The van der Waals surface area contributed by atoms with E-state index in [0.29, 0.717) is 11.3 Å². The standard InChI is InChI=1S/C13H17F3N2O2/c1-8-5-10(18-12(19)6-9(2)17)3-4-11(8)20-7-13(14,15)16/h3-5,9H,6-7,17H2,1-2H3,(H,18,19). The minimum absolute atomic E-state index is 0.132. The minimum Gasteiger partial charge on any atom is -0.484 e. The van der Waals surface area contributed by atoms with E-state index < -0.39 is 12.8 Å². The highest BCUT2D eigenvalue weighted by atomic mass is 19.4. The zero-order valence-corrected chi connectivity index (χ0v) is 11.3. The van der Waals surface area contributed by atoms with Gasteiger partial charge >= 0.3 is 6.18 Å². The minimum atomic E-state index is -4.38. The summed E-state index contributed by atoms with van der Waals surface area (Å²) in [5, 5.41) is 2.62. The maximum Gasteiger partial charge on any atom is 0.422 e. The van der Waals surface area contributed by atoms with Gasteiger partial charge < -0.3 is 15.8 Å². The molecule has 1 rings (SSSR count). The van der Waals surface area contributed by atoms with Gasteiger partial charge in [0.05, 0.1) is 0 Å². The van der Waals surface area contributed by atoms with E-state index in [9.17, 15) is 18.0 Å². The predicted molar refractivity (Wildman–Crippen MR) is 69.6 cm³/mol. The summed E-state index contributed by atoms with van der Waals surface area (Å²) in [7, 11) is 0. The lowest BCUT2D eigenvalue weighted by atomic mass is 10.2. The van der Waals surface area contributed by atoms with Crippen LogP contribution in [0.4, 0.5) is 18.9 Å². The molecule has 0 spiro atoms. The Morgan fingerprint density at radius 1 is 1.45 bits per heavy atom. The number of carbonyl (C=O) groups excluding carboxylic acids is 1. The Balaban J connectivity index is 2.66. The van der Waals surface area contributed by atoms with Gasteiger partial charge in [0, 0.05) is 18.2 Å². The second-order valence-corrected chi connectivity index (χ2v) is 4.61. The van der Waals surface area contributed by atoms with Crippen LogP contribution in [-0.4, -0.2) is 24.7 Å². The number of nitrogens with one attached hydrogen (secondary N) is 1. The molecule has 112 valence electrons. The van der Waals surface area contributed by atoms with Gasteiger partial charge in [0.1, 0.15) is 5.75 Å². The third kappa shape index (κ3) is 5.92. The molecule has 1 aromatic rings. The summed E-state index contributed by atoms with van der Waals surface area (Å²) in [6.45, 7) is 1.97. The fourth-order valence-corrected chi connectivity index (χ4v) is 1.55. The van der Waals surface area contributed by atoms with Gasteiger partial charge in [0.15, 0.2) is 6.61 Å². The Hall–Kier alpha value is -1.76. The fourth-order valence-electron chi connectivity index (χ4n) is 1.55. The molecular weight excluding hydrogens is 273 g/mol. The maximum absolute atomic E-state index is 12.1. The molecule has 1 unspecified atom stereocenters. The van der Waals surface area contributed by atoms with E-state index in [1.165, 1.54) is 12.1 Å². The lowest BCUT2D eigenvalue weighted by Crippen LogP contribution is -2.24. The third-order valence-electron chi connectivity index (χ3n) is 2.36. The quantitative estimate of drug-likeness (QED) is 0.876. The van der Waals surface area contributed by atoms with E-state index in [0.717, 1.165) is 0 Å². The van der Waals surface area contributed by atoms with Gasteiger partial charge in [-0.05, 0) is 37.6 Å². The Labute approximate surface area is 115 Å². The van der Waals surface area contributed by atoms with Crippen molar-refractivity contribution in [2.75, 3.05) is 11.9 Å². The number of amides is 1. The Morgan fingerprint density at radius 2 is 2.10 bits per heavy atom. The van der Waals surface area contributed by atoms with Crippen LogP contribution in [-0.2, 0) is 4.79 Å². The SMILES string of the molecule is Cc1cc(NC(=O)CC(C)N)ccc1OCC(F)(F)F. The first-order valence-corrected chi connectivity index (χ1v) is 6.03. The summed E-state index contributed by atoms with van der Waals surface area (Å²) in [6.07, 6.45) is -4.21. The maximum atomic E-state index is 12.1. The monoisotopic (exact) mass is 290 g/mol. The Bertz CT molecular complexity index is 473. The number of aryl methyl sites for hydroxylation is 1. The van der Waals surface area contributed by atoms with Crippen LogP contribution < -0.4 is 15.8 Å². The van der Waals surface area contributed by atoms with Crippen molar-refractivity contribution in [3.63, 3.8) is 0 Å². The van der Waals surface area contributed by atoms with Gasteiger partial charge in [0.2, 0.25) is 5.91 Å². The van der Waals surface area contributed by atoms with Crippen LogP contribution >= 0.6 is 0 Å². The number of nitrogens with two attached hydrogens (primary N) is 1. The number of hydrogen-bond donors (Lipinski definition) is 2. The summed E-state index contributed by atoms with van der Waals surface area (Å²) in [4.78, 5) is 11.5. The van der Waals surface area contributed by atoms with Crippen LogP contribution in [0.25, 0.3) is 0 Å². The van der Waals surface area contributed by atoms with Gasteiger partial charge in [-0.25, -0.2) is 0 Å². The largest absolute Gasteiger partial charge is 0.484 e. The van der Waals surface area contributed by atoms with Gasteiger partial charge in [-0.3, -0.25) is 4.79 Å². The second-order valence-electron chi connectivity index (χ2n) is 4.61. The van der Waals surface area contributed by atoms with Gasteiger partial charge in [-0.15, -0.1) is 0 Å². The van der Waals surface area contributed by atoms with Crippen LogP contribution in [0.1, 0.15) is 18.9 Å². The van der Waals surface area contributed by atoms with E-state index >= 15 is 0 Å². The number of hydrogen-bond acceptors (Lipinski definition) is 3. The average Bonchev–Trinajstić information content (AvgIpc) is 2.25. The second kappa shape index (κ2) is 6.60. The van der Waals surface area contributed by atoms with Crippen molar-refractivity contribution in [2.45, 2.75) is 32.5 Å². The van der Waals surface area contributed by atoms with Crippen molar-refractivity contribution in [1.29, 1.82) is 0 Å². The molecule has 7 heteroatoms. The fraction of sp³-hybridized carbons (Fsp3) is 0.462. The first kappa shape index (κ1) is 16.3. The first-order chi connectivity index (χ1) is 9.17. The zero-order valence-electron chi connectivity index (χ0n) is 11.3. The van der Waals surface area contributed by atoms with E-state index in [1.807, 2.05) is 0 Å². The van der Waals surface area contributed by atoms with Crippen LogP contribution in [0.15, 0.2) is 18.2 Å². The average molecular weight is 290 g/mol. The number of rotatable bonds is 5. The molecule has 1 aromatic carbocycles. The molecule has 1 atom stereocenters. The Morgan fingerprint density at radius 3 is 2.60 bits per heavy atom. The molecule has 0 aliphatic rings. The third-order valence-corrected chi connectivity index (χ3v) is 2.36. The number of alkyl halides is 3. The summed E-state index contributed by atoms with van der Waals surface area (Å²) in [6, 6.07) is 4.16. The van der Waals surface area contributed by atoms with Crippen molar-refractivity contribution >= 4 is 11.6 Å². The molecule has 0 aliphatic carbocycles. The zero-order chi connectivity index (χ0) is 15.3. The number of ether oxygens (including phenoxy) is 1. The molecule has 0 heterocycles.